The molecule has 1 aromatic carbocycles. The monoisotopic (exact) mass is 296 g/mol. The van der Waals surface area contributed by atoms with Crippen molar-refractivity contribution in [1.29, 1.82) is 0 Å². The van der Waals surface area contributed by atoms with Gasteiger partial charge in [-0.15, -0.1) is 5.23 Å². The number of piperidine rings is 1. The molecule has 1 fully saturated rings. The largest absolute Gasteiger partial charge is 0.769 e. The molecule has 0 unspecified atom stereocenters. The molecule has 0 atom stereocenters. The molecule has 0 bridgehead atoms. The first-order valence-corrected chi connectivity index (χ1v) is 6.50. The van der Waals surface area contributed by atoms with Gasteiger partial charge in [0.05, 0.1) is 5.69 Å². The van der Waals surface area contributed by atoms with E-state index in [1.54, 1.807) is 4.90 Å². The zero-order chi connectivity index (χ0) is 15.4. The highest BCUT2D eigenvalue weighted by molar-refractivity contribution is 5.91. The van der Waals surface area contributed by atoms with Crippen LogP contribution in [0.25, 0.3) is 0 Å². The smallest absolute Gasteiger partial charge is 0.321 e. The molecule has 1 aromatic rings. The number of hydrogen-bond acceptors (Lipinski definition) is 7. The van der Waals surface area contributed by atoms with Gasteiger partial charge >= 0.3 is 6.03 Å². The van der Waals surface area contributed by atoms with E-state index in [1.165, 1.54) is 6.07 Å². The Morgan fingerprint density at radius 1 is 1.10 bits per heavy atom. The van der Waals surface area contributed by atoms with Gasteiger partial charge in [0.15, 0.2) is 0 Å². The second kappa shape index (κ2) is 6.59. The van der Waals surface area contributed by atoms with E-state index in [1.807, 2.05) is 0 Å². The van der Waals surface area contributed by atoms with Gasteiger partial charge in [-0.1, -0.05) is 0 Å². The van der Waals surface area contributed by atoms with Crippen LogP contribution in [0, 0.1) is 10.4 Å². The van der Waals surface area contributed by atoms with E-state index in [0.717, 1.165) is 31.4 Å². The Kier molecular flexibility index (Phi) is 4.81. The standard InChI is InChI=1S/C12H16N4O5/c17-12(14-4-2-1-3-5-14)13-9-6-10(15(18)19)8-11(7-9)16(20)21/h6-8,18-19H,1-5H2,(H,13,17)/q-2. The van der Waals surface area contributed by atoms with E-state index in [0.29, 0.717) is 13.1 Å². The predicted molar refractivity (Wildman–Crippen MR) is 76.1 cm³/mol. The molecule has 9 nitrogen and oxygen atoms in total. The van der Waals surface area contributed by atoms with Crippen LogP contribution < -0.4 is 15.8 Å². The SMILES string of the molecule is O=C(Nc1cc(N([O-])[O-])cc(N(O)O)c1)N1CCCCC1. The number of amides is 2. The highest BCUT2D eigenvalue weighted by Crippen LogP contribution is 2.26. The lowest BCUT2D eigenvalue weighted by molar-refractivity contribution is 0.0292. The number of likely N-dealkylation sites (tertiary alicyclic amines) is 1. The minimum absolute atomic E-state index is 0.128. The van der Waals surface area contributed by atoms with Gasteiger partial charge in [0, 0.05) is 24.5 Å². The van der Waals surface area contributed by atoms with Crippen LogP contribution in [0.3, 0.4) is 0 Å². The van der Waals surface area contributed by atoms with Crippen molar-refractivity contribution in [2.45, 2.75) is 19.3 Å². The molecule has 1 saturated heterocycles. The molecule has 0 radical (unpaired) electrons. The minimum Gasteiger partial charge on any atom is -0.769 e. The van der Waals surface area contributed by atoms with E-state index in [4.69, 9.17) is 10.4 Å². The maximum absolute atomic E-state index is 12.0. The molecule has 0 aliphatic carbocycles. The Labute approximate surface area is 121 Å². The number of anilines is 3. The first-order chi connectivity index (χ1) is 9.97. The molecule has 1 aliphatic rings. The van der Waals surface area contributed by atoms with Crippen LogP contribution in [0.2, 0.25) is 0 Å². The van der Waals surface area contributed by atoms with Crippen molar-refractivity contribution in [2.24, 2.45) is 0 Å². The van der Waals surface area contributed by atoms with Gasteiger partial charge in [0.25, 0.3) is 0 Å². The fourth-order valence-electron chi connectivity index (χ4n) is 2.19. The number of urea groups is 1. The van der Waals surface area contributed by atoms with Gasteiger partial charge < -0.3 is 25.9 Å². The summed E-state index contributed by atoms with van der Waals surface area (Å²) in [5, 5.41) is 41.2. The third-order valence-electron chi connectivity index (χ3n) is 3.24. The van der Waals surface area contributed by atoms with Gasteiger partial charge in [-0.2, -0.15) is 0 Å². The Morgan fingerprint density at radius 3 is 2.29 bits per heavy atom. The minimum atomic E-state index is -0.677. The summed E-state index contributed by atoms with van der Waals surface area (Å²) in [5.41, 5.74) is -0.435. The Bertz CT molecular complexity index is 476. The fourth-order valence-corrected chi connectivity index (χ4v) is 2.19. The van der Waals surface area contributed by atoms with E-state index >= 15 is 0 Å². The second-order valence-corrected chi connectivity index (χ2v) is 4.76. The van der Waals surface area contributed by atoms with Crippen LogP contribution in [-0.4, -0.2) is 34.4 Å². The van der Waals surface area contributed by atoms with Crippen molar-refractivity contribution in [2.75, 3.05) is 28.9 Å². The summed E-state index contributed by atoms with van der Waals surface area (Å²) in [6, 6.07) is 3.02. The van der Waals surface area contributed by atoms with Gasteiger partial charge in [-0.05, 0) is 37.5 Å². The topological polar surface area (TPSA) is 125 Å². The summed E-state index contributed by atoms with van der Waals surface area (Å²) >= 11 is 0. The predicted octanol–water partition coefficient (Wildman–Crippen LogP) is 2.09. The first kappa shape index (κ1) is 15.3. The average Bonchev–Trinajstić information content (AvgIpc) is 2.47. The Balaban J connectivity index is 2.16. The molecular weight excluding hydrogens is 280 g/mol. The van der Waals surface area contributed by atoms with Gasteiger partial charge in [0.1, 0.15) is 0 Å². The van der Waals surface area contributed by atoms with Gasteiger partial charge in [-0.3, -0.25) is 10.4 Å². The van der Waals surface area contributed by atoms with Crippen LogP contribution in [0.15, 0.2) is 18.2 Å². The number of hydrogen-bond donors (Lipinski definition) is 3. The number of nitrogens with one attached hydrogen (secondary N) is 1. The zero-order valence-corrected chi connectivity index (χ0v) is 11.2. The molecule has 116 valence electrons. The molecule has 21 heavy (non-hydrogen) atoms. The summed E-state index contributed by atoms with van der Waals surface area (Å²) in [6.45, 7) is 1.28. The normalized spacial score (nSPS) is 14.8. The van der Waals surface area contributed by atoms with E-state index < -0.39 is 5.23 Å². The summed E-state index contributed by atoms with van der Waals surface area (Å²) < 4.78 is 0. The summed E-state index contributed by atoms with van der Waals surface area (Å²) in [5.74, 6) is 0. The molecule has 9 heteroatoms. The summed E-state index contributed by atoms with van der Waals surface area (Å²) in [4.78, 5) is 13.7. The van der Waals surface area contributed by atoms with Crippen molar-refractivity contribution in [3.05, 3.63) is 28.6 Å². The summed E-state index contributed by atoms with van der Waals surface area (Å²) in [6.07, 6.45) is 2.93. The van der Waals surface area contributed by atoms with Crippen molar-refractivity contribution in [3.8, 4) is 0 Å². The quantitative estimate of drug-likeness (QED) is 0.729. The molecule has 3 N–H and O–H groups in total. The maximum atomic E-state index is 12.0. The lowest BCUT2D eigenvalue weighted by Gasteiger charge is -2.38. The lowest BCUT2D eigenvalue weighted by atomic mass is 10.1. The van der Waals surface area contributed by atoms with Crippen LogP contribution in [0.4, 0.5) is 21.9 Å². The zero-order valence-electron chi connectivity index (χ0n) is 11.2. The van der Waals surface area contributed by atoms with Crippen molar-refractivity contribution in [3.63, 3.8) is 0 Å². The molecule has 2 rings (SSSR count). The Hall–Kier alpha value is -2.07. The highest BCUT2D eigenvalue weighted by atomic mass is 16.8. The van der Waals surface area contributed by atoms with E-state index in [9.17, 15) is 15.2 Å². The van der Waals surface area contributed by atoms with Gasteiger partial charge in [-0.25, -0.2) is 4.79 Å². The second-order valence-electron chi connectivity index (χ2n) is 4.76. The average molecular weight is 296 g/mol. The number of benzene rings is 1. The third kappa shape index (κ3) is 3.95. The Morgan fingerprint density at radius 2 is 1.71 bits per heavy atom. The molecule has 0 saturated carbocycles. The number of rotatable bonds is 3. The van der Waals surface area contributed by atoms with Crippen LogP contribution in [-0.2, 0) is 0 Å². The van der Waals surface area contributed by atoms with Gasteiger partial charge in [0.2, 0.25) is 0 Å². The molecule has 1 aliphatic heterocycles. The van der Waals surface area contributed by atoms with Crippen LogP contribution >= 0.6 is 0 Å². The first-order valence-electron chi connectivity index (χ1n) is 6.50. The molecule has 2 amide bonds. The van der Waals surface area contributed by atoms with E-state index in [2.05, 4.69) is 5.32 Å². The number of carbonyl (C=O) groups is 1. The maximum Gasteiger partial charge on any atom is 0.321 e. The van der Waals surface area contributed by atoms with Crippen molar-refractivity contribution >= 4 is 23.1 Å². The molecule has 1 heterocycles. The highest BCUT2D eigenvalue weighted by Gasteiger charge is 2.17. The van der Waals surface area contributed by atoms with Crippen LogP contribution in [0.1, 0.15) is 19.3 Å². The fraction of sp³-hybridized carbons (Fsp3) is 0.417. The molecule has 0 aromatic heterocycles. The van der Waals surface area contributed by atoms with Crippen LogP contribution in [0.5, 0.6) is 0 Å². The van der Waals surface area contributed by atoms with E-state index in [-0.39, 0.29) is 28.3 Å². The van der Waals surface area contributed by atoms with Crippen molar-refractivity contribution in [1.82, 2.24) is 4.90 Å². The molecule has 0 spiro atoms. The third-order valence-corrected chi connectivity index (χ3v) is 3.24. The number of carbonyl (C=O) groups excluding carboxylic acids is 1. The molecular formula is C12H16N4O5-2. The van der Waals surface area contributed by atoms with Crippen molar-refractivity contribution < 1.29 is 15.2 Å². The number of nitrogens with zero attached hydrogens (tertiary/aromatic N) is 3. The summed E-state index contributed by atoms with van der Waals surface area (Å²) in [7, 11) is 0. The lowest BCUT2D eigenvalue weighted by Crippen LogP contribution is -2.38.